The first-order valence-electron chi connectivity index (χ1n) is 6.74. The van der Waals surface area contributed by atoms with Crippen LogP contribution in [0.4, 0.5) is 0 Å². The molecule has 0 aromatic heterocycles. The second kappa shape index (κ2) is 5.42. The van der Waals surface area contributed by atoms with Crippen molar-refractivity contribution in [3.8, 4) is 5.75 Å². The predicted octanol–water partition coefficient (Wildman–Crippen LogP) is 3.11. The third-order valence-electron chi connectivity index (χ3n) is 3.83. The standard InChI is InChI=1S/C15H21NO2/c1-3-12-8-4-5-10-16(12)15(18)13-9-6-7-11(2)14(13)17/h6-7,9,12,17H,3-5,8,10H2,1-2H3. The van der Waals surface area contributed by atoms with Gasteiger partial charge in [0.2, 0.25) is 0 Å². The summed E-state index contributed by atoms with van der Waals surface area (Å²) >= 11 is 0. The monoisotopic (exact) mass is 247 g/mol. The number of hydrogen-bond acceptors (Lipinski definition) is 2. The molecule has 3 nitrogen and oxygen atoms in total. The Bertz CT molecular complexity index is 442. The number of carbonyl (C=O) groups excluding carboxylic acids is 1. The number of amides is 1. The van der Waals surface area contributed by atoms with Crippen molar-refractivity contribution < 1.29 is 9.90 Å². The maximum absolute atomic E-state index is 12.5. The molecule has 1 amide bonds. The van der Waals surface area contributed by atoms with Gasteiger partial charge >= 0.3 is 0 Å². The highest BCUT2D eigenvalue weighted by Crippen LogP contribution is 2.27. The van der Waals surface area contributed by atoms with Gasteiger partial charge in [-0.3, -0.25) is 4.79 Å². The van der Waals surface area contributed by atoms with Crippen LogP contribution in [0.3, 0.4) is 0 Å². The van der Waals surface area contributed by atoms with E-state index in [4.69, 9.17) is 0 Å². The maximum atomic E-state index is 12.5. The number of phenolic OH excluding ortho intramolecular Hbond substituents is 1. The van der Waals surface area contributed by atoms with Crippen molar-refractivity contribution in [2.24, 2.45) is 0 Å². The van der Waals surface area contributed by atoms with Gasteiger partial charge in [-0.15, -0.1) is 0 Å². The molecule has 18 heavy (non-hydrogen) atoms. The van der Waals surface area contributed by atoms with Gasteiger partial charge in [-0.2, -0.15) is 0 Å². The number of benzene rings is 1. The highest BCUT2D eigenvalue weighted by molar-refractivity contribution is 5.97. The van der Waals surface area contributed by atoms with Crippen molar-refractivity contribution in [3.05, 3.63) is 29.3 Å². The Morgan fingerprint density at radius 2 is 2.22 bits per heavy atom. The Labute approximate surface area is 108 Å². The number of piperidine rings is 1. The normalized spacial score (nSPS) is 19.9. The molecule has 1 heterocycles. The first-order valence-corrected chi connectivity index (χ1v) is 6.74. The lowest BCUT2D eigenvalue weighted by atomic mass is 9.98. The topological polar surface area (TPSA) is 40.5 Å². The van der Waals surface area contributed by atoms with E-state index in [9.17, 15) is 9.90 Å². The summed E-state index contributed by atoms with van der Waals surface area (Å²) in [6, 6.07) is 5.69. The van der Waals surface area contributed by atoms with Gasteiger partial charge in [0.25, 0.3) is 5.91 Å². The molecule has 0 saturated carbocycles. The first kappa shape index (κ1) is 12.9. The molecule has 1 fully saturated rings. The van der Waals surface area contributed by atoms with Gasteiger partial charge in [-0.1, -0.05) is 19.1 Å². The van der Waals surface area contributed by atoms with Crippen LogP contribution >= 0.6 is 0 Å². The molecule has 98 valence electrons. The van der Waals surface area contributed by atoms with Crippen molar-refractivity contribution in [1.82, 2.24) is 4.90 Å². The van der Waals surface area contributed by atoms with E-state index in [-0.39, 0.29) is 11.7 Å². The second-order valence-corrected chi connectivity index (χ2v) is 5.03. The fraction of sp³-hybridized carbons (Fsp3) is 0.533. The van der Waals surface area contributed by atoms with Gasteiger partial charge < -0.3 is 10.0 Å². The number of aromatic hydroxyl groups is 1. The molecule has 1 N–H and O–H groups in total. The van der Waals surface area contributed by atoms with E-state index in [0.717, 1.165) is 31.4 Å². The minimum absolute atomic E-state index is 0.0252. The number of likely N-dealkylation sites (tertiary alicyclic amines) is 1. The highest BCUT2D eigenvalue weighted by Gasteiger charge is 2.27. The summed E-state index contributed by atoms with van der Waals surface area (Å²) < 4.78 is 0. The van der Waals surface area contributed by atoms with Crippen LogP contribution in [0, 0.1) is 6.92 Å². The lowest BCUT2D eigenvalue weighted by Gasteiger charge is -2.35. The van der Waals surface area contributed by atoms with Gasteiger partial charge in [0.15, 0.2) is 0 Å². The molecule has 1 aromatic rings. The lowest BCUT2D eigenvalue weighted by Crippen LogP contribution is -2.43. The Balaban J connectivity index is 2.27. The molecule has 1 atom stereocenters. The van der Waals surface area contributed by atoms with E-state index in [0.29, 0.717) is 11.6 Å². The number of carbonyl (C=O) groups is 1. The molecule has 1 aliphatic heterocycles. The average molecular weight is 247 g/mol. The molecular formula is C15H21NO2. The maximum Gasteiger partial charge on any atom is 0.257 e. The van der Waals surface area contributed by atoms with E-state index in [1.54, 1.807) is 6.07 Å². The third kappa shape index (κ3) is 2.35. The Morgan fingerprint density at radius 3 is 2.94 bits per heavy atom. The third-order valence-corrected chi connectivity index (χ3v) is 3.83. The molecule has 1 saturated heterocycles. The smallest absolute Gasteiger partial charge is 0.257 e. The summed E-state index contributed by atoms with van der Waals surface area (Å²) in [5.41, 5.74) is 1.20. The van der Waals surface area contributed by atoms with Crippen LogP contribution in [0.15, 0.2) is 18.2 Å². The summed E-state index contributed by atoms with van der Waals surface area (Å²) in [5, 5.41) is 10.0. The van der Waals surface area contributed by atoms with Crippen LogP contribution in [-0.4, -0.2) is 28.5 Å². The largest absolute Gasteiger partial charge is 0.507 e. The number of hydrogen-bond donors (Lipinski definition) is 1. The van der Waals surface area contributed by atoms with E-state index >= 15 is 0 Å². The number of phenols is 1. The molecule has 0 aliphatic carbocycles. The summed E-state index contributed by atoms with van der Waals surface area (Å²) in [6.45, 7) is 4.75. The molecule has 3 heteroatoms. The van der Waals surface area contributed by atoms with Crippen LogP contribution in [0.1, 0.15) is 48.5 Å². The van der Waals surface area contributed by atoms with Gasteiger partial charge in [-0.25, -0.2) is 0 Å². The van der Waals surface area contributed by atoms with Crippen LogP contribution in [0.5, 0.6) is 5.75 Å². The Morgan fingerprint density at radius 1 is 1.44 bits per heavy atom. The fourth-order valence-corrected chi connectivity index (χ4v) is 2.68. The molecule has 1 aliphatic rings. The predicted molar refractivity (Wildman–Crippen MR) is 71.8 cm³/mol. The molecular weight excluding hydrogens is 226 g/mol. The zero-order chi connectivity index (χ0) is 13.1. The quantitative estimate of drug-likeness (QED) is 0.872. The number of para-hydroxylation sites is 1. The van der Waals surface area contributed by atoms with Crippen molar-refractivity contribution in [1.29, 1.82) is 0 Å². The summed E-state index contributed by atoms with van der Waals surface area (Å²) in [5.74, 6) is 0.102. The number of nitrogens with zero attached hydrogens (tertiary/aromatic N) is 1. The SMILES string of the molecule is CCC1CCCCN1C(=O)c1cccc(C)c1O. The minimum Gasteiger partial charge on any atom is -0.507 e. The summed E-state index contributed by atoms with van der Waals surface area (Å²) in [7, 11) is 0. The lowest BCUT2D eigenvalue weighted by molar-refractivity contribution is 0.0605. The van der Waals surface area contributed by atoms with Gasteiger partial charge in [0.1, 0.15) is 5.75 Å². The zero-order valence-corrected chi connectivity index (χ0v) is 11.1. The summed E-state index contributed by atoms with van der Waals surface area (Å²) in [6.07, 6.45) is 4.32. The van der Waals surface area contributed by atoms with Gasteiger partial charge in [0.05, 0.1) is 5.56 Å². The molecule has 0 spiro atoms. The second-order valence-electron chi connectivity index (χ2n) is 5.03. The number of aryl methyl sites for hydroxylation is 1. The van der Waals surface area contributed by atoms with E-state index in [2.05, 4.69) is 6.92 Å². The Kier molecular flexibility index (Phi) is 3.90. The molecule has 0 bridgehead atoms. The molecule has 0 radical (unpaired) electrons. The van der Waals surface area contributed by atoms with E-state index in [1.165, 1.54) is 6.42 Å². The van der Waals surface area contributed by atoms with Gasteiger partial charge in [0, 0.05) is 12.6 Å². The summed E-state index contributed by atoms with van der Waals surface area (Å²) in [4.78, 5) is 14.4. The van der Waals surface area contributed by atoms with Crippen LogP contribution in [0.25, 0.3) is 0 Å². The molecule has 2 rings (SSSR count). The van der Waals surface area contributed by atoms with Crippen molar-refractivity contribution in [2.75, 3.05) is 6.54 Å². The van der Waals surface area contributed by atoms with E-state index < -0.39 is 0 Å². The zero-order valence-electron chi connectivity index (χ0n) is 11.1. The highest BCUT2D eigenvalue weighted by atomic mass is 16.3. The van der Waals surface area contributed by atoms with E-state index in [1.807, 2.05) is 24.0 Å². The Hall–Kier alpha value is -1.51. The number of rotatable bonds is 2. The molecule has 1 unspecified atom stereocenters. The van der Waals surface area contributed by atoms with Crippen LogP contribution < -0.4 is 0 Å². The van der Waals surface area contributed by atoms with Crippen molar-refractivity contribution in [2.45, 2.75) is 45.6 Å². The van der Waals surface area contributed by atoms with Crippen LogP contribution in [-0.2, 0) is 0 Å². The molecule has 1 aromatic carbocycles. The van der Waals surface area contributed by atoms with Crippen LogP contribution in [0.2, 0.25) is 0 Å². The van der Waals surface area contributed by atoms with Crippen molar-refractivity contribution >= 4 is 5.91 Å². The fourth-order valence-electron chi connectivity index (χ4n) is 2.68. The van der Waals surface area contributed by atoms with Gasteiger partial charge in [-0.05, 0) is 44.2 Å². The first-order chi connectivity index (χ1) is 8.65. The van der Waals surface area contributed by atoms with Crippen molar-refractivity contribution in [3.63, 3.8) is 0 Å². The average Bonchev–Trinajstić information content (AvgIpc) is 2.41. The minimum atomic E-state index is -0.0252.